The Kier molecular flexibility index (Phi) is 6.27. The van der Waals surface area contributed by atoms with Gasteiger partial charge in [-0.2, -0.15) is 0 Å². The van der Waals surface area contributed by atoms with Gasteiger partial charge < -0.3 is 0 Å². The van der Waals surface area contributed by atoms with E-state index < -0.39 is 0 Å². The van der Waals surface area contributed by atoms with Crippen molar-refractivity contribution in [3.63, 3.8) is 0 Å². The SMILES string of the molecule is C[C@H]([C@H](C)[NH+](C)C(=O)Cc1ccc(Cl)c(Cl)c1)N1CCCC1. The standard InChI is InChI=1S/C17H24Cl2N2O/c1-12(13(2)21-8-4-5-9-21)20(3)17(22)11-14-6-7-15(18)16(19)10-14/h6-7,10,12-13H,4-5,8-9,11H2,1-3H3/p+1/t12-,13+/m0/s1. The molecule has 1 heterocycles. The van der Waals surface area contributed by atoms with Crippen LogP contribution in [0.25, 0.3) is 0 Å². The number of nitrogens with one attached hydrogen (secondary N) is 1. The van der Waals surface area contributed by atoms with E-state index in [9.17, 15) is 4.79 Å². The summed E-state index contributed by atoms with van der Waals surface area (Å²) in [4.78, 5) is 16.0. The summed E-state index contributed by atoms with van der Waals surface area (Å²) >= 11 is 11.9. The molecule has 1 aliphatic heterocycles. The zero-order chi connectivity index (χ0) is 16.3. The molecule has 22 heavy (non-hydrogen) atoms. The quantitative estimate of drug-likeness (QED) is 0.888. The van der Waals surface area contributed by atoms with Crippen molar-refractivity contribution < 1.29 is 9.69 Å². The van der Waals surface area contributed by atoms with Crippen molar-refractivity contribution in [2.75, 3.05) is 20.1 Å². The Hall–Kier alpha value is -0.610. The van der Waals surface area contributed by atoms with Crippen LogP contribution in [0.3, 0.4) is 0 Å². The van der Waals surface area contributed by atoms with Crippen LogP contribution in [0, 0.1) is 0 Å². The Labute approximate surface area is 143 Å². The molecule has 0 bridgehead atoms. The van der Waals surface area contributed by atoms with Gasteiger partial charge in [-0.15, -0.1) is 0 Å². The number of halogens is 2. The van der Waals surface area contributed by atoms with Gasteiger partial charge in [0.2, 0.25) is 0 Å². The molecule has 1 aromatic rings. The van der Waals surface area contributed by atoms with Gasteiger partial charge in [-0.25, -0.2) is 4.79 Å². The molecule has 0 saturated carbocycles. The summed E-state index contributed by atoms with van der Waals surface area (Å²) in [5, 5.41) is 1.03. The fourth-order valence-corrected chi connectivity index (χ4v) is 3.38. The summed E-state index contributed by atoms with van der Waals surface area (Å²) in [6.45, 7) is 6.69. The van der Waals surface area contributed by atoms with Gasteiger partial charge in [-0.3, -0.25) is 9.80 Å². The number of hydrogen-bond acceptors (Lipinski definition) is 2. The lowest BCUT2D eigenvalue weighted by Gasteiger charge is -2.31. The van der Waals surface area contributed by atoms with Crippen molar-refractivity contribution in [3.05, 3.63) is 33.8 Å². The zero-order valence-corrected chi connectivity index (χ0v) is 15.0. The number of hydrogen-bond donors (Lipinski definition) is 1. The summed E-state index contributed by atoms with van der Waals surface area (Å²) in [6.07, 6.45) is 2.93. The molecule has 0 spiro atoms. The van der Waals surface area contributed by atoms with E-state index in [-0.39, 0.29) is 11.9 Å². The van der Waals surface area contributed by atoms with Crippen LogP contribution in [0.15, 0.2) is 18.2 Å². The first-order chi connectivity index (χ1) is 10.4. The highest BCUT2D eigenvalue weighted by molar-refractivity contribution is 6.42. The van der Waals surface area contributed by atoms with Crippen LogP contribution in [0.1, 0.15) is 32.3 Å². The van der Waals surface area contributed by atoms with E-state index in [1.807, 2.05) is 13.1 Å². The first-order valence-corrected chi connectivity index (χ1v) is 8.70. The maximum absolute atomic E-state index is 12.5. The number of benzene rings is 1. The van der Waals surface area contributed by atoms with E-state index in [4.69, 9.17) is 23.2 Å². The Morgan fingerprint density at radius 1 is 1.23 bits per heavy atom. The molecule has 3 atom stereocenters. The second kappa shape index (κ2) is 7.78. The average Bonchev–Trinajstić information content (AvgIpc) is 3.03. The maximum Gasteiger partial charge on any atom is 0.316 e. The number of likely N-dealkylation sites (N-methyl/N-ethyl adjacent to an activating group) is 1. The molecule has 1 fully saturated rings. The number of nitrogens with zero attached hydrogens (tertiary/aromatic N) is 1. The minimum Gasteiger partial charge on any atom is -0.295 e. The molecule has 5 heteroatoms. The van der Waals surface area contributed by atoms with E-state index >= 15 is 0 Å². The highest BCUT2D eigenvalue weighted by atomic mass is 35.5. The summed E-state index contributed by atoms with van der Waals surface area (Å²) < 4.78 is 0. The van der Waals surface area contributed by atoms with Crippen molar-refractivity contribution in [1.29, 1.82) is 0 Å². The van der Waals surface area contributed by atoms with Crippen LogP contribution in [0.5, 0.6) is 0 Å². The molecule has 122 valence electrons. The van der Waals surface area contributed by atoms with Crippen molar-refractivity contribution >= 4 is 29.1 Å². The second-order valence-electron chi connectivity index (χ2n) is 6.30. The summed E-state index contributed by atoms with van der Waals surface area (Å²) in [7, 11) is 1.97. The molecular weight excluding hydrogens is 319 g/mol. The van der Waals surface area contributed by atoms with Crippen LogP contribution in [0.2, 0.25) is 10.0 Å². The minimum absolute atomic E-state index is 0.192. The monoisotopic (exact) mass is 343 g/mol. The predicted molar refractivity (Wildman–Crippen MR) is 91.8 cm³/mol. The first-order valence-electron chi connectivity index (χ1n) is 7.94. The van der Waals surface area contributed by atoms with Gasteiger partial charge in [0.05, 0.1) is 29.6 Å². The van der Waals surface area contributed by atoms with Gasteiger partial charge in [-0.1, -0.05) is 29.3 Å². The Balaban J connectivity index is 1.96. The van der Waals surface area contributed by atoms with E-state index in [1.54, 1.807) is 12.1 Å². The van der Waals surface area contributed by atoms with E-state index in [0.29, 0.717) is 22.5 Å². The predicted octanol–water partition coefficient (Wildman–Crippen LogP) is 2.45. The van der Waals surface area contributed by atoms with Gasteiger partial charge in [0.15, 0.2) is 0 Å². The highest BCUT2D eigenvalue weighted by Gasteiger charge is 2.31. The summed E-state index contributed by atoms with van der Waals surface area (Å²) in [5.74, 6) is 0.192. The van der Waals surface area contributed by atoms with Gasteiger partial charge >= 0.3 is 5.91 Å². The fourth-order valence-electron chi connectivity index (χ4n) is 3.06. The van der Waals surface area contributed by atoms with Gasteiger partial charge in [0.25, 0.3) is 0 Å². The lowest BCUT2D eigenvalue weighted by Crippen LogP contribution is -3.16. The lowest BCUT2D eigenvalue weighted by molar-refractivity contribution is -0.827. The van der Waals surface area contributed by atoms with Crippen molar-refractivity contribution in [3.8, 4) is 0 Å². The molecule has 3 nitrogen and oxygen atoms in total. The Morgan fingerprint density at radius 2 is 1.86 bits per heavy atom. The van der Waals surface area contributed by atoms with Crippen LogP contribution in [-0.4, -0.2) is 43.0 Å². The van der Waals surface area contributed by atoms with Gasteiger partial charge in [0.1, 0.15) is 6.04 Å². The van der Waals surface area contributed by atoms with Crippen LogP contribution in [-0.2, 0) is 11.2 Å². The third kappa shape index (κ3) is 4.23. The smallest absolute Gasteiger partial charge is 0.295 e. The molecule has 1 amide bonds. The van der Waals surface area contributed by atoms with Crippen molar-refractivity contribution in [2.45, 2.75) is 45.2 Å². The molecule has 2 rings (SSSR count). The van der Waals surface area contributed by atoms with Crippen molar-refractivity contribution in [1.82, 2.24) is 4.90 Å². The largest absolute Gasteiger partial charge is 0.316 e. The lowest BCUT2D eigenvalue weighted by atomic mass is 10.1. The normalized spacial score (nSPS) is 19.9. The highest BCUT2D eigenvalue weighted by Crippen LogP contribution is 2.22. The first kappa shape index (κ1) is 17.7. The molecule has 0 aliphatic carbocycles. The van der Waals surface area contributed by atoms with E-state index in [1.165, 1.54) is 12.8 Å². The van der Waals surface area contributed by atoms with Crippen LogP contribution in [0.4, 0.5) is 0 Å². The maximum atomic E-state index is 12.5. The third-order valence-electron chi connectivity index (χ3n) is 4.91. The Morgan fingerprint density at radius 3 is 2.45 bits per heavy atom. The Bertz CT molecular complexity index is 529. The van der Waals surface area contributed by atoms with Crippen LogP contribution < -0.4 is 4.90 Å². The summed E-state index contributed by atoms with van der Waals surface area (Å²) in [6, 6.07) is 6.09. The molecule has 0 radical (unpaired) electrons. The minimum atomic E-state index is 0.192. The number of quaternary nitrogens is 1. The molecule has 1 unspecified atom stereocenters. The molecule has 1 aliphatic rings. The van der Waals surface area contributed by atoms with Crippen molar-refractivity contribution in [2.24, 2.45) is 0 Å². The number of likely N-dealkylation sites (tertiary alicyclic amines) is 1. The average molecular weight is 344 g/mol. The number of carbonyl (C=O) groups excluding carboxylic acids is 1. The van der Waals surface area contributed by atoms with Gasteiger partial charge in [-0.05, 0) is 57.5 Å². The molecule has 1 N–H and O–H groups in total. The number of carbonyl (C=O) groups is 1. The third-order valence-corrected chi connectivity index (χ3v) is 5.65. The van der Waals surface area contributed by atoms with E-state index in [0.717, 1.165) is 23.6 Å². The zero-order valence-electron chi connectivity index (χ0n) is 13.5. The number of amides is 1. The molecule has 1 saturated heterocycles. The molecule has 1 aromatic carbocycles. The van der Waals surface area contributed by atoms with E-state index in [2.05, 4.69) is 18.7 Å². The summed E-state index contributed by atoms with van der Waals surface area (Å²) in [5.41, 5.74) is 0.916. The number of rotatable bonds is 5. The van der Waals surface area contributed by atoms with Gasteiger partial charge in [0, 0.05) is 0 Å². The topological polar surface area (TPSA) is 24.8 Å². The fraction of sp³-hybridized carbons (Fsp3) is 0.588. The van der Waals surface area contributed by atoms with Crippen LogP contribution >= 0.6 is 23.2 Å². The second-order valence-corrected chi connectivity index (χ2v) is 7.12. The molecule has 0 aromatic heterocycles. The molecular formula is C17H25Cl2N2O+.